The van der Waals surface area contributed by atoms with Crippen LogP contribution in [0.2, 0.25) is 0 Å². The molecule has 0 bridgehead atoms. The summed E-state index contributed by atoms with van der Waals surface area (Å²) in [6.07, 6.45) is 1.43. The fourth-order valence-electron chi connectivity index (χ4n) is 2.71. The van der Waals surface area contributed by atoms with E-state index in [1.54, 1.807) is 24.3 Å². The Labute approximate surface area is 133 Å². The second-order valence-corrected chi connectivity index (χ2v) is 5.37. The molecule has 1 aliphatic heterocycles. The lowest BCUT2D eigenvalue weighted by Crippen LogP contribution is -2.51. The lowest BCUT2D eigenvalue weighted by Gasteiger charge is -2.34. The predicted octanol–water partition coefficient (Wildman–Crippen LogP) is -0.00940. The van der Waals surface area contributed by atoms with Gasteiger partial charge in [-0.2, -0.15) is 4.99 Å². The number of imide groups is 1. The van der Waals surface area contributed by atoms with Crippen molar-refractivity contribution in [3.8, 4) is 0 Å². The number of benzene rings is 1. The number of hydrogen-bond acceptors (Lipinski definition) is 3. The zero-order valence-electron chi connectivity index (χ0n) is 12.9. The summed E-state index contributed by atoms with van der Waals surface area (Å²) in [6, 6.07) is 7.07. The van der Waals surface area contributed by atoms with Gasteiger partial charge >= 0.3 is 0 Å². The Hall–Kier alpha value is -2.90. The van der Waals surface area contributed by atoms with Crippen LogP contribution in [0.1, 0.15) is 31.7 Å². The van der Waals surface area contributed by atoms with E-state index >= 15 is 0 Å². The molecule has 0 aliphatic carbocycles. The average molecular weight is 316 g/mol. The van der Waals surface area contributed by atoms with Crippen LogP contribution in [-0.2, 0) is 15.0 Å². The summed E-state index contributed by atoms with van der Waals surface area (Å²) in [4.78, 5) is 31.4. The van der Waals surface area contributed by atoms with E-state index in [4.69, 9.17) is 17.2 Å². The maximum atomic E-state index is 12.3. The largest absolute Gasteiger partial charge is 0.370 e. The molecule has 0 spiro atoms. The first kappa shape index (κ1) is 16.5. The van der Waals surface area contributed by atoms with Crippen molar-refractivity contribution in [2.75, 3.05) is 0 Å². The molecule has 1 fully saturated rings. The normalized spacial score (nSPS) is 21.7. The van der Waals surface area contributed by atoms with Crippen LogP contribution in [0.25, 0.3) is 0 Å². The van der Waals surface area contributed by atoms with Crippen LogP contribution in [0.4, 0.5) is 5.69 Å². The fraction of sp³-hybridized carbons (Fsp3) is 0.333. The molecule has 0 aromatic heterocycles. The summed E-state index contributed by atoms with van der Waals surface area (Å²) in [5.74, 6) is -0.710. The van der Waals surface area contributed by atoms with Gasteiger partial charge in [0.25, 0.3) is 0 Å². The minimum absolute atomic E-state index is 0.0519. The van der Waals surface area contributed by atoms with E-state index in [1.165, 1.54) is 0 Å². The van der Waals surface area contributed by atoms with E-state index in [2.05, 4.69) is 15.3 Å². The van der Waals surface area contributed by atoms with Crippen molar-refractivity contribution in [3.05, 3.63) is 29.8 Å². The van der Waals surface area contributed by atoms with E-state index in [0.717, 1.165) is 5.56 Å². The highest BCUT2D eigenvalue weighted by Crippen LogP contribution is 2.36. The fourth-order valence-corrected chi connectivity index (χ4v) is 2.71. The molecule has 1 unspecified atom stereocenters. The molecule has 122 valence electrons. The van der Waals surface area contributed by atoms with Crippen molar-refractivity contribution < 1.29 is 9.59 Å². The van der Waals surface area contributed by atoms with Gasteiger partial charge in [0, 0.05) is 6.42 Å². The summed E-state index contributed by atoms with van der Waals surface area (Å²) in [5, 5.41) is 2.42. The molecule has 8 heteroatoms. The molecule has 0 saturated carbocycles. The molecule has 23 heavy (non-hydrogen) atoms. The molecule has 1 aliphatic rings. The van der Waals surface area contributed by atoms with Crippen molar-refractivity contribution in [2.24, 2.45) is 27.2 Å². The lowest BCUT2D eigenvalue weighted by molar-refractivity contribution is -0.138. The molecule has 8 nitrogen and oxygen atoms in total. The quantitative estimate of drug-likeness (QED) is 0.351. The first-order valence-corrected chi connectivity index (χ1v) is 7.26. The van der Waals surface area contributed by atoms with Gasteiger partial charge < -0.3 is 17.2 Å². The van der Waals surface area contributed by atoms with Crippen LogP contribution < -0.4 is 22.5 Å². The third kappa shape index (κ3) is 3.47. The SMILES string of the molecule is CCC1(c2ccc(N=C(N)N=C(N)N)cc2)CCC(=O)NC1=O. The summed E-state index contributed by atoms with van der Waals surface area (Å²) in [7, 11) is 0. The molecule has 1 aromatic rings. The molecule has 7 N–H and O–H groups in total. The predicted molar refractivity (Wildman–Crippen MR) is 87.9 cm³/mol. The van der Waals surface area contributed by atoms with Crippen LogP contribution in [0, 0.1) is 0 Å². The first-order valence-electron chi connectivity index (χ1n) is 7.26. The van der Waals surface area contributed by atoms with E-state index < -0.39 is 5.41 Å². The second-order valence-electron chi connectivity index (χ2n) is 5.37. The average Bonchev–Trinajstić information content (AvgIpc) is 2.48. The van der Waals surface area contributed by atoms with Crippen molar-refractivity contribution in [1.29, 1.82) is 0 Å². The number of nitrogens with zero attached hydrogens (tertiary/aromatic N) is 2. The zero-order valence-corrected chi connectivity index (χ0v) is 12.9. The number of rotatable bonds is 3. The lowest BCUT2D eigenvalue weighted by atomic mass is 9.72. The van der Waals surface area contributed by atoms with Crippen molar-refractivity contribution in [1.82, 2.24) is 5.32 Å². The molecular formula is C15H20N6O2. The highest BCUT2D eigenvalue weighted by molar-refractivity contribution is 6.03. The number of aliphatic imine (C=N–C) groups is 2. The van der Waals surface area contributed by atoms with Crippen LogP contribution >= 0.6 is 0 Å². The van der Waals surface area contributed by atoms with Gasteiger partial charge in [-0.15, -0.1) is 0 Å². The Morgan fingerprint density at radius 1 is 1.22 bits per heavy atom. The van der Waals surface area contributed by atoms with Gasteiger partial charge in [-0.05, 0) is 30.5 Å². The number of carbonyl (C=O) groups is 2. The van der Waals surface area contributed by atoms with Crippen molar-refractivity contribution in [3.63, 3.8) is 0 Å². The van der Waals surface area contributed by atoms with Gasteiger partial charge in [0.15, 0.2) is 5.96 Å². The molecule has 2 amide bonds. The Balaban J connectivity index is 2.29. The maximum Gasteiger partial charge on any atom is 0.237 e. The third-order valence-electron chi connectivity index (χ3n) is 3.98. The third-order valence-corrected chi connectivity index (χ3v) is 3.98. The number of guanidine groups is 2. The van der Waals surface area contributed by atoms with Crippen molar-refractivity contribution >= 4 is 29.4 Å². The molecule has 0 radical (unpaired) electrons. The van der Waals surface area contributed by atoms with Gasteiger partial charge in [-0.25, -0.2) is 4.99 Å². The summed E-state index contributed by atoms with van der Waals surface area (Å²) in [5.41, 5.74) is 16.7. The Kier molecular flexibility index (Phi) is 4.63. The molecule has 2 rings (SSSR count). The molecule has 1 aromatic carbocycles. The van der Waals surface area contributed by atoms with Gasteiger partial charge in [-0.3, -0.25) is 14.9 Å². The monoisotopic (exact) mass is 316 g/mol. The van der Waals surface area contributed by atoms with Crippen LogP contribution in [0.3, 0.4) is 0 Å². The summed E-state index contributed by atoms with van der Waals surface area (Å²) >= 11 is 0. The number of amides is 2. The van der Waals surface area contributed by atoms with Gasteiger partial charge in [0.2, 0.25) is 17.8 Å². The van der Waals surface area contributed by atoms with Crippen LogP contribution in [0.5, 0.6) is 0 Å². The minimum atomic E-state index is -0.693. The number of piperidine rings is 1. The number of nitrogens with one attached hydrogen (secondary N) is 1. The van der Waals surface area contributed by atoms with E-state index in [9.17, 15) is 9.59 Å². The smallest absolute Gasteiger partial charge is 0.237 e. The van der Waals surface area contributed by atoms with E-state index in [0.29, 0.717) is 24.9 Å². The Bertz CT molecular complexity index is 676. The van der Waals surface area contributed by atoms with Gasteiger partial charge in [0.1, 0.15) is 0 Å². The van der Waals surface area contributed by atoms with Gasteiger partial charge in [-0.1, -0.05) is 19.1 Å². The van der Waals surface area contributed by atoms with Crippen molar-refractivity contribution in [2.45, 2.75) is 31.6 Å². The number of nitrogens with two attached hydrogens (primary N) is 3. The highest BCUT2D eigenvalue weighted by atomic mass is 16.2. The molecule has 1 heterocycles. The topological polar surface area (TPSA) is 149 Å². The van der Waals surface area contributed by atoms with Crippen LogP contribution in [-0.4, -0.2) is 23.7 Å². The van der Waals surface area contributed by atoms with E-state index in [1.807, 2.05) is 6.92 Å². The Morgan fingerprint density at radius 3 is 2.39 bits per heavy atom. The first-order chi connectivity index (χ1) is 10.9. The number of hydrogen-bond donors (Lipinski definition) is 4. The highest BCUT2D eigenvalue weighted by Gasteiger charge is 2.42. The molecule has 1 atom stereocenters. The summed E-state index contributed by atoms with van der Waals surface area (Å²) in [6.45, 7) is 1.93. The molecular weight excluding hydrogens is 296 g/mol. The second kappa shape index (κ2) is 6.47. The standard InChI is InChI=1S/C15H20N6O2/c1-2-15(8-7-11(22)20-12(15)23)9-3-5-10(6-4-9)19-14(18)21-13(16)17/h3-6H,2,7-8H2,1H3,(H,20,22,23)(H6,16,17,18,19,21). The molecule has 1 saturated heterocycles. The zero-order chi connectivity index (χ0) is 17.0. The minimum Gasteiger partial charge on any atom is -0.370 e. The maximum absolute atomic E-state index is 12.3. The van der Waals surface area contributed by atoms with Crippen LogP contribution in [0.15, 0.2) is 34.3 Å². The van der Waals surface area contributed by atoms with E-state index in [-0.39, 0.29) is 23.7 Å². The summed E-state index contributed by atoms with van der Waals surface area (Å²) < 4.78 is 0. The Morgan fingerprint density at radius 2 is 1.87 bits per heavy atom. The van der Waals surface area contributed by atoms with Gasteiger partial charge in [0.05, 0.1) is 11.1 Å². The number of carbonyl (C=O) groups excluding carboxylic acids is 2.